The third kappa shape index (κ3) is 10.7. The molecule has 0 saturated heterocycles. The van der Waals surface area contributed by atoms with Gasteiger partial charge in [0.05, 0.1) is 6.61 Å². The smallest absolute Gasteiger partial charge is 0.0590 e. The molecule has 0 aromatic heterocycles. The number of nitrogens with one attached hydrogen (secondary N) is 1. The van der Waals surface area contributed by atoms with Gasteiger partial charge in [-0.1, -0.05) is 71.1 Å². The van der Waals surface area contributed by atoms with Crippen molar-refractivity contribution in [2.45, 2.75) is 96.4 Å². The first kappa shape index (κ1) is 18.0. The Morgan fingerprint density at radius 2 is 1.35 bits per heavy atom. The second-order valence-electron chi connectivity index (χ2n) is 6.38. The standard InChI is InChI=1S/C18H37NO/c1-2-3-16-20-17-15-19-18-13-11-9-7-5-4-6-8-10-12-14-18/h18-19H,2-17H2,1H3. The molecule has 0 bridgehead atoms. The Bertz CT molecular complexity index is 184. The van der Waals surface area contributed by atoms with Gasteiger partial charge in [-0.2, -0.15) is 0 Å². The van der Waals surface area contributed by atoms with Gasteiger partial charge in [0.1, 0.15) is 0 Å². The zero-order chi connectivity index (χ0) is 14.3. The molecule has 1 aliphatic rings. The van der Waals surface area contributed by atoms with Crippen molar-refractivity contribution in [2.75, 3.05) is 19.8 Å². The molecule has 1 saturated carbocycles. The van der Waals surface area contributed by atoms with Crippen molar-refractivity contribution in [2.24, 2.45) is 0 Å². The fourth-order valence-corrected chi connectivity index (χ4v) is 3.05. The molecule has 1 N–H and O–H groups in total. The quantitative estimate of drug-likeness (QED) is 0.659. The number of unbranched alkanes of at least 4 members (excludes halogenated alkanes) is 1. The van der Waals surface area contributed by atoms with Crippen LogP contribution < -0.4 is 5.32 Å². The predicted octanol–water partition coefficient (Wildman–Crippen LogP) is 5.07. The monoisotopic (exact) mass is 283 g/mol. The van der Waals surface area contributed by atoms with Crippen molar-refractivity contribution in [3.63, 3.8) is 0 Å². The summed E-state index contributed by atoms with van der Waals surface area (Å²) in [7, 11) is 0. The summed E-state index contributed by atoms with van der Waals surface area (Å²) >= 11 is 0. The number of rotatable bonds is 7. The topological polar surface area (TPSA) is 21.3 Å². The third-order valence-electron chi connectivity index (χ3n) is 4.43. The minimum Gasteiger partial charge on any atom is -0.380 e. The van der Waals surface area contributed by atoms with E-state index in [0.717, 1.165) is 25.8 Å². The van der Waals surface area contributed by atoms with E-state index >= 15 is 0 Å². The largest absolute Gasteiger partial charge is 0.380 e. The van der Waals surface area contributed by atoms with Crippen molar-refractivity contribution in [3.8, 4) is 0 Å². The Morgan fingerprint density at radius 1 is 0.800 bits per heavy atom. The number of hydrogen-bond donors (Lipinski definition) is 1. The molecule has 0 aromatic carbocycles. The summed E-state index contributed by atoms with van der Waals surface area (Å²) in [6.07, 6.45) is 18.2. The Balaban J connectivity index is 2.08. The van der Waals surface area contributed by atoms with Gasteiger partial charge >= 0.3 is 0 Å². The second kappa shape index (κ2) is 13.9. The molecule has 0 aromatic rings. The summed E-state index contributed by atoms with van der Waals surface area (Å²) in [6, 6.07) is 0.740. The number of hydrogen-bond acceptors (Lipinski definition) is 2. The highest BCUT2D eigenvalue weighted by molar-refractivity contribution is 4.68. The fourth-order valence-electron chi connectivity index (χ4n) is 3.05. The summed E-state index contributed by atoms with van der Waals surface area (Å²) in [5, 5.41) is 3.73. The van der Waals surface area contributed by atoms with E-state index in [1.807, 2.05) is 0 Å². The molecule has 1 rings (SSSR count). The van der Waals surface area contributed by atoms with Crippen molar-refractivity contribution in [1.82, 2.24) is 5.32 Å². The van der Waals surface area contributed by atoms with Crippen LogP contribution in [0.15, 0.2) is 0 Å². The summed E-state index contributed by atoms with van der Waals surface area (Å²) in [5.74, 6) is 0. The Hall–Kier alpha value is -0.0800. The van der Waals surface area contributed by atoms with Gasteiger partial charge in [0.15, 0.2) is 0 Å². The van der Waals surface area contributed by atoms with Crippen LogP contribution in [0.3, 0.4) is 0 Å². The first-order valence-corrected chi connectivity index (χ1v) is 9.24. The van der Waals surface area contributed by atoms with Gasteiger partial charge in [0.2, 0.25) is 0 Å². The average Bonchev–Trinajstić information content (AvgIpc) is 2.45. The molecule has 2 heteroatoms. The van der Waals surface area contributed by atoms with Crippen LogP contribution in [0.1, 0.15) is 90.4 Å². The maximum absolute atomic E-state index is 5.64. The van der Waals surface area contributed by atoms with Crippen LogP contribution >= 0.6 is 0 Å². The lowest BCUT2D eigenvalue weighted by Gasteiger charge is -2.19. The molecule has 1 fully saturated rings. The maximum atomic E-state index is 5.64. The molecular formula is C18H37NO. The van der Waals surface area contributed by atoms with Gasteiger partial charge in [-0.15, -0.1) is 0 Å². The molecule has 0 amide bonds. The fraction of sp³-hybridized carbons (Fsp3) is 1.00. The van der Waals surface area contributed by atoms with Crippen LogP contribution in [0.4, 0.5) is 0 Å². The van der Waals surface area contributed by atoms with Crippen LogP contribution in [0, 0.1) is 0 Å². The molecule has 0 unspecified atom stereocenters. The van der Waals surface area contributed by atoms with E-state index in [2.05, 4.69) is 12.2 Å². The SMILES string of the molecule is CCCCOCCNC1CCCCCCCCCCC1. The van der Waals surface area contributed by atoms with Gasteiger partial charge in [-0.25, -0.2) is 0 Å². The molecule has 0 aliphatic heterocycles. The third-order valence-corrected chi connectivity index (χ3v) is 4.43. The second-order valence-corrected chi connectivity index (χ2v) is 6.38. The van der Waals surface area contributed by atoms with Crippen LogP contribution in [0.2, 0.25) is 0 Å². The van der Waals surface area contributed by atoms with Crippen molar-refractivity contribution in [1.29, 1.82) is 0 Å². The number of ether oxygens (including phenoxy) is 1. The van der Waals surface area contributed by atoms with Crippen LogP contribution in [0.5, 0.6) is 0 Å². The molecule has 0 heterocycles. The minimum absolute atomic E-state index is 0.740. The van der Waals surface area contributed by atoms with E-state index in [1.54, 1.807) is 0 Å². The predicted molar refractivity (Wildman–Crippen MR) is 88.3 cm³/mol. The van der Waals surface area contributed by atoms with Crippen LogP contribution in [0.25, 0.3) is 0 Å². The van der Waals surface area contributed by atoms with Crippen LogP contribution in [-0.2, 0) is 4.74 Å². The summed E-state index contributed by atoms with van der Waals surface area (Å²) in [4.78, 5) is 0. The first-order valence-electron chi connectivity index (χ1n) is 9.24. The van der Waals surface area contributed by atoms with Crippen molar-refractivity contribution >= 4 is 0 Å². The lowest BCUT2D eigenvalue weighted by Crippen LogP contribution is -2.32. The van der Waals surface area contributed by atoms with E-state index in [9.17, 15) is 0 Å². The first-order chi connectivity index (χ1) is 9.93. The van der Waals surface area contributed by atoms with Gasteiger partial charge in [0.25, 0.3) is 0 Å². The molecule has 120 valence electrons. The molecule has 0 atom stereocenters. The van der Waals surface area contributed by atoms with Gasteiger partial charge in [0, 0.05) is 19.2 Å². The van der Waals surface area contributed by atoms with E-state index in [0.29, 0.717) is 0 Å². The van der Waals surface area contributed by atoms with E-state index < -0.39 is 0 Å². The van der Waals surface area contributed by atoms with Crippen molar-refractivity contribution in [3.05, 3.63) is 0 Å². The highest BCUT2D eigenvalue weighted by atomic mass is 16.5. The minimum atomic E-state index is 0.740. The molecule has 0 spiro atoms. The van der Waals surface area contributed by atoms with E-state index in [1.165, 1.54) is 83.5 Å². The van der Waals surface area contributed by atoms with E-state index in [-0.39, 0.29) is 0 Å². The van der Waals surface area contributed by atoms with Gasteiger partial charge in [-0.05, 0) is 19.3 Å². The molecular weight excluding hydrogens is 246 g/mol. The zero-order valence-electron chi connectivity index (χ0n) is 13.8. The highest BCUT2D eigenvalue weighted by Crippen LogP contribution is 2.16. The maximum Gasteiger partial charge on any atom is 0.0590 e. The Morgan fingerprint density at radius 3 is 1.90 bits per heavy atom. The van der Waals surface area contributed by atoms with Gasteiger partial charge < -0.3 is 10.1 Å². The van der Waals surface area contributed by atoms with Crippen molar-refractivity contribution < 1.29 is 4.74 Å². The lowest BCUT2D eigenvalue weighted by atomic mass is 9.98. The summed E-state index contributed by atoms with van der Waals surface area (Å²) in [6.45, 7) is 5.07. The van der Waals surface area contributed by atoms with Gasteiger partial charge in [-0.3, -0.25) is 0 Å². The van der Waals surface area contributed by atoms with Crippen LogP contribution in [-0.4, -0.2) is 25.8 Å². The Labute approximate surface area is 127 Å². The molecule has 0 radical (unpaired) electrons. The summed E-state index contributed by atoms with van der Waals surface area (Å²) in [5.41, 5.74) is 0. The average molecular weight is 283 g/mol. The molecule has 20 heavy (non-hydrogen) atoms. The molecule has 1 aliphatic carbocycles. The highest BCUT2D eigenvalue weighted by Gasteiger charge is 2.08. The normalized spacial score (nSPS) is 20.2. The zero-order valence-corrected chi connectivity index (χ0v) is 13.8. The lowest BCUT2D eigenvalue weighted by molar-refractivity contribution is 0.130. The van der Waals surface area contributed by atoms with E-state index in [4.69, 9.17) is 4.74 Å². The summed E-state index contributed by atoms with van der Waals surface area (Å²) < 4.78 is 5.64. The Kier molecular flexibility index (Phi) is 12.5. The molecule has 2 nitrogen and oxygen atoms in total.